The molecule has 0 N–H and O–H groups in total. The molecule has 8 heteroatoms. The molecule has 0 aliphatic rings. The first-order chi connectivity index (χ1) is 12.3. The summed E-state index contributed by atoms with van der Waals surface area (Å²) in [6, 6.07) is 11.4. The van der Waals surface area contributed by atoms with E-state index in [4.69, 9.17) is 9.15 Å². The Bertz CT molecular complexity index is 1040. The van der Waals surface area contributed by atoms with Crippen molar-refractivity contribution in [2.24, 2.45) is 0 Å². The van der Waals surface area contributed by atoms with Gasteiger partial charge >= 0.3 is 5.97 Å². The highest BCUT2D eigenvalue weighted by Gasteiger charge is 2.20. The molecule has 134 valence electrons. The highest BCUT2D eigenvalue weighted by molar-refractivity contribution is 7.90. The van der Waals surface area contributed by atoms with Crippen molar-refractivity contribution in [3.05, 3.63) is 72.0 Å². The van der Waals surface area contributed by atoms with Crippen LogP contribution in [0.15, 0.2) is 64.0 Å². The number of sulfone groups is 1. The molecule has 3 aromatic rings. The number of benzene rings is 2. The Morgan fingerprint density at radius 3 is 2.54 bits per heavy atom. The monoisotopic (exact) mass is 375 g/mol. The summed E-state index contributed by atoms with van der Waals surface area (Å²) < 4.78 is 47.0. The van der Waals surface area contributed by atoms with Gasteiger partial charge in [-0.1, -0.05) is 12.1 Å². The number of carbonyl (C=O) groups is 1. The van der Waals surface area contributed by atoms with Crippen LogP contribution in [0.2, 0.25) is 0 Å². The van der Waals surface area contributed by atoms with E-state index in [-0.39, 0.29) is 28.8 Å². The Morgan fingerprint density at radius 1 is 1.15 bits per heavy atom. The van der Waals surface area contributed by atoms with Crippen LogP contribution in [0.1, 0.15) is 16.2 Å². The molecule has 0 bridgehead atoms. The van der Waals surface area contributed by atoms with E-state index in [2.05, 4.69) is 4.98 Å². The number of carbonyl (C=O) groups excluding carboxylic acids is 1. The van der Waals surface area contributed by atoms with Gasteiger partial charge < -0.3 is 9.15 Å². The number of ether oxygens (including phenoxy) is 1. The normalized spacial score (nSPS) is 11.3. The van der Waals surface area contributed by atoms with Crippen LogP contribution in [0.4, 0.5) is 4.39 Å². The van der Waals surface area contributed by atoms with Gasteiger partial charge in [0.1, 0.15) is 5.82 Å². The zero-order valence-corrected chi connectivity index (χ0v) is 14.5. The summed E-state index contributed by atoms with van der Waals surface area (Å²) in [6.45, 7) is -0.266. The van der Waals surface area contributed by atoms with Crippen LogP contribution in [0.5, 0.6) is 0 Å². The zero-order chi connectivity index (χ0) is 18.7. The first kappa shape index (κ1) is 17.8. The Morgan fingerprint density at radius 2 is 1.85 bits per heavy atom. The van der Waals surface area contributed by atoms with Gasteiger partial charge in [-0.05, 0) is 36.4 Å². The maximum Gasteiger partial charge on any atom is 0.339 e. The fourth-order valence-electron chi connectivity index (χ4n) is 2.29. The van der Waals surface area contributed by atoms with E-state index in [0.717, 1.165) is 6.26 Å². The smallest absolute Gasteiger partial charge is 0.339 e. The van der Waals surface area contributed by atoms with Gasteiger partial charge in [0.2, 0.25) is 5.89 Å². The predicted molar refractivity (Wildman–Crippen MR) is 90.6 cm³/mol. The van der Waals surface area contributed by atoms with E-state index in [9.17, 15) is 17.6 Å². The lowest BCUT2D eigenvalue weighted by atomic mass is 10.2. The lowest BCUT2D eigenvalue weighted by Crippen LogP contribution is -2.11. The minimum atomic E-state index is -3.57. The van der Waals surface area contributed by atoms with Gasteiger partial charge in [0.25, 0.3) is 0 Å². The van der Waals surface area contributed by atoms with E-state index >= 15 is 0 Å². The Balaban J connectivity index is 1.72. The zero-order valence-electron chi connectivity index (χ0n) is 13.7. The molecule has 0 aliphatic heterocycles. The van der Waals surface area contributed by atoms with Gasteiger partial charge in [-0.2, -0.15) is 0 Å². The number of nitrogens with zero attached hydrogens (tertiary/aromatic N) is 1. The molecule has 0 spiro atoms. The number of esters is 1. The molecular formula is C18H14FNO5S. The van der Waals surface area contributed by atoms with Gasteiger partial charge in [0.05, 0.1) is 16.7 Å². The van der Waals surface area contributed by atoms with E-state index < -0.39 is 15.8 Å². The molecule has 0 atom stereocenters. The summed E-state index contributed by atoms with van der Waals surface area (Å²) >= 11 is 0. The molecule has 6 nitrogen and oxygen atoms in total. The molecule has 0 aliphatic carbocycles. The van der Waals surface area contributed by atoms with Crippen LogP contribution in [-0.4, -0.2) is 25.6 Å². The first-order valence-corrected chi connectivity index (χ1v) is 9.40. The van der Waals surface area contributed by atoms with Gasteiger partial charge in [0, 0.05) is 11.8 Å². The molecule has 0 radical (unpaired) electrons. The number of rotatable bonds is 5. The Labute approximate surface area is 149 Å². The van der Waals surface area contributed by atoms with Gasteiger partial charge in [-0.25, -0.2) is 22.6 Å². The molecular weight excluding hydrogens is 361 g/mol. The number of oxazole rings is 1. The third-order valence-corrected chi connectivity index (χ3v) is 4.67. The van der Waals surface area contributed by atoms with Crippen LogP contribution >= 0.6 is 0 Å². The number of hydrogen-bond acceptors (Lipinski definition) is 6. The third kappa shape index (κ3) is 3.97. The van der Waals surface area contributed by atoms with E-state index in [0.29, 0.717) is 11.3 Å². The maximum absolute atomic E-state index is 12.9. The van der Waals surface area contributed by atoms with Crippen molar-refractivity contribution >= 4 is 15.8 Å². The number of aromatic nitrogens is 1. The predicted octanol–water partition coefficient (Wildman–Crippen LogP) is 3.24. The van der Waals surface area contributed by atoms with Gasteiger partial charge in [0.15, 0.2) is 22.2 Å². The van der Waals surface area contributed by atoms with E-state index in [1.807, 2.05) is 0 Å². The van der Waals surface area contributed by atoms with Gasteiger partial charge in [-0.15, -0.1) is 0 Å². The van der Waals surface area contributed by atoms with E-state index in [1.54, 1.807) is 6.07 Å². The summed E-state index contributed by atoms with van der Waals surface area (Å²) in [7, 11) is -3.57. The first-order valence-electron chi connectivity index (χ1n) is 7.51. The van der Waals surface area contributed by atoms with E-state index in [1.165, 1.54) is 48.7 Å². The van der Waals surface area contributed by atoms with Crippen molar-refractivity contribution in [3.8, 4) is 11.3 Å². The summed E-state index contributed by atoms with van der Waals surface area (Å²) in [5.74, 6) is -0.637. The van der Waals surface area contributed by atoms with Crippen molar-refractivity contribution in [1.82, 2.24) is 4.98 Å². The standard InChI is InChI=1S/C18H14FNO5S/c1-26(22,23)16-5-3-2-4-14(16)18(21)24-11-17-20-10-15(25-17)12-6-8-13(19)9-7-12/h2-10H,11H2,1H3. The molecule has 0 fully saturated rings. The van der Waals surface area contributed by atoms with Crippen molar-refractivity contribution < 1.29 is 26.8 Å². The molecule has 26 heavy (non-hydrogen) atoms. The topological polar surface area (TPSA) is 86.5 Å². The van der Waals surface area contributed by atoms with Crippen LogP contribution < -0.4 is 0 Å². The molecule has 1 aromatic heterocycles. The maximum atomic E-state index is 12.9. The third-order valence-electron chi connectivity index (χ3n) is 3.52. The second-order valence-electron chi connectivity index (χ2n) is 5.47. The number of hydrogen-bond donors (Lipinski definition) is 0. The lowest BCUT2D eigenvalue weighted by Gasteiger charge is -2.07. The average Bonchev–Trinajstić information content (AvgIpc) is 3.08. The molecule has 0 amide bonds. The molecule has 3 rings (SSSR count). The Kier molecular flexibility index (Phi) is 4.85. The van der Waals surface area contributed by atoms with Crippen LogP contribution in [0, 0.1) is 5.82 Å². The second kappa shape index (κ2) is 7.09. The van der Waals surface area contributed by atoms with Crippen molar-refractivity contribution in [3.63, 3.8) is 0 Å². The molecule has 0 saturated carbocycles. The Hall–Kier alpha value is -3.00. The highest BCUT2D eigenvalue weighted by atomic mass is 32.2. The van der Waals surface area contributed by atoms with Crippen molar-refractivity contribution in [1.29, 1.82) is 0 Å². The van der Waals surface area contributed by atoms with Crippen LogP contribution in [0.3, 0.4) is 0 Å². The van der Waals surface area contributed by atoms with Crippen molar-refractivity contribution in [2.45, 2.75) is 11.5 Å². The quantitative estimate of drug-likeness (QED) is 0.636. The summed E-state index contributed by atoms with van der Waals surface area (Å²) in [5.41, 5.74) is 0.569. The van der Waals surface area contributed by atoms with Crippen LogP contribution in [0.25, 0.3) is 11.3 Å². The van der Waals surface area contributed by atoms with Gasteiger partial charge in [-0.3, -0.25) is 0 Å². The minimum Gasteiger partial charge on any atom is -0.452 e. The highest BCUT2D eigenvalue weighted by Crippen LogP contribution is 2.22. The lowest BCUT2D eigenvalue weighted by molar-refractivity contribution is 0.0434. The second-order valence-corrected chi connectivity index (χ2v) is 7.45. The summed E-state index contributed by atoms with van der Waals surface area (Å²) in [6.07, 6.45) is 2.45. The summed E-state index contributed by atoms with van der Waals surface area (Å²) in [5, 5.41) is 0. The SMILES string of the molecule is CS(=O)(=O)c1ccccc1C(=O)OCc1ncc(-c2ccc(F)cc2)o1. The average molecular weight is 375 g/mol. The number of halogens is 1. The molecule has 2 aromatic carbocycles. The fourth-order valence-corrected chi connectivity index (χ4v) is 3.16. The van der Waals surface area contributed by atoms with Crippen molar-refractivity contribution in [2.75, 3.05) is 6.26 Å². The van der Waals surface area contributed by atoms with Crippen LogP contribution in [-0.2, 0) is 21.2 Å². The molecule has 0 unspecified atom stereocenters. The fraction of sp³-hybridized carbons (Fsp3) is 0.111. The largest absolute Gasteiger partial charge is 0.452 e. The minimum absolute atomic E-state index is 0.0553. The molecule has 0 saturated heterocycles. The summed E-state index contributed by atoms with van der Waals surface area (Å²) in [4.78, 5) is 16.1. The molecule has 1 heterocycles.